The average molecular weight is 343 g/mol. The zero-order valence-electron chi connectivity index (χ0n) is 14.0. The third-order valence-electron chi connectivity index (χ3n) is 4.67. The maximum absolute atomic E-state index is 13.5. The molecule has 1 N–H and O–H groups in total. The molecule has 1 unspecified atom stereocenters. The summed E-state index contributed by atoms with van der Waals surface area (Å²) in [5, 5.41) is 10.5. The Hall–Kier alpha value is -2.40. The molecule has 2 aromatic carbocycles. The third-order valence-corrected chi connectivity index (χ3v) is 4.67. The molecule has 0 bridgehead atoms. The number of rotatable bonds is 5. The minimum atomic E-state index is -0.506. The van der Waals surface area contributed by atoms with E-state index >= 15 is 0 Å². The van der Waals surface area contributed by atoms with Gasteiger partial charge < -0.3 is 14.7 Å². The molecule has 1 atom stereocenters. The maximum atomic E-state index is 13.5. The quantitative estimate of drug-likeness (QED) is 0.907. The number of hydrogen-bond donors (Lipinski definition) is 1. The van der Waals surface area contributed by atoms with Crippen LogP contribution in [0, 0.1) is 11.7 Å². The van der Waals surface area contributed by atoms with Gasteiger partial charge in [0.2, 0.25) is 0 Å². The minimum Gasteiger partial charge on any atom is -0.481 e. The van der Waals surface area contributed by atoms with E-state index in [0.717, 1.165) is 18.4 Å². The van der Waals surface area contributed by atoms with E-state index in [1.165, 1.54) is 12.1 Å². The predicted molar refractivity (Wildman–Crippen MR) is 92.6 cm³/mol. The van der Waals surface area contributed by atoms with Crippen molar-refractivity contribution in [1.82, 2.24) is 4.90 Å². The van der Waals surface area contributed by atoms with Gasteiger partial charge in [-0.25, -0.2) is 4.39 Å². The van der Waals surface area contributed by atoms with E-state index in [1.807, 2.05) is 30.3 Å². The number of benzene rings is 2. The molecule has 132 valence electrons. The summed E-state index contributed by atoms with van der Waals surface area (Å²) >= 11 is 0. The van der Waals surface area contributed by atoms with Crippen molar-refractivity contribution < 1.29 is 19.0 Å². The molecular weight excluding hydrogens is 321 g/mol. The summed E-state index contributed by atoms with van der Waals surface area (Å²) in [7, 11) is 0. The molecular formula is C20H22FNO3. The number of aliphatic hydroxyl groups excluding tert-OH is 1. The molecule has 1 heterocycles. The third kappa shape index (κ3) is 4.37. The molecule has 1 amide bonds. The van der Waals surface area contributed by atoms with Crippen LogP contribution in [0.2, 0.25) is 0 Å². The maximum Gasteiger partial charge on any atom is 0.260 e. The molecule has 0 aromatic heterocycles. The smallest absolute Gasteiger partial charge is 0.260 e. The monoisotopic (exact) mass is 343 g/mol. The van der Waals surface area contributed by atoms with E-state index in [2.05, 4.69) is 0 Å². The lowest BCUT2D eigenvalue weighted by Crippen LogP contribution is -2.42. The fraction of sp³-hybridized carbons (Fsp3) is 0.350. The average Bonchev–Trinajstić information content (AvgIpc) is 2.67. The van der Waals surface area contributed by atoms with Crippen molar-refractivity contribution in [3.8, 4) is 5.75 Å². The summed E-state index contributed by atoms with van der Waals surface area (Å²) < 4.78 is 18.8. The van der Waals surface area contributed by atoms with Gasteiger partial charge in [-0.1, -0.05) is 42.5 Å². The summed E-state index contributed by atoms with van der Waals surface area (Å²) in [5.41, 5.74) is 0.912. The number of para-hydroxylation sites is 1. The van der Waals surface area contributed by atoms with Crippen LogP contribution in [0.25, 0.3) is 0 Å². The highest BCUT2D eigenvalue weighted by atomic mass is 19.1. The van der Waals surface area contributed by atoms with E-state index in [1.54, 1.807) is 17.0 Å². The van der Waals surface area contributed by atoms with Crippen LogP contribution >= 0.6 is 0 Å². The van der Waals surface area contributed by atoms with E-state index in [9.17, 15) is 14.3 Å². The largest absolute Gasteiger partial charge is 0.481 e. The Labute approximate surface area is 146 Å². The molecule has 25 heavy (non-hydrogen) atoms. The fourth-order valence-corrected chi connectivity index (χ4v) is 3.18. The first-order valence-electron chi connectivity index (χ1n) is 8.53. The Morgan fingerprint density at radius 2 is 1.76 bits per heavy atom. The zero-order valence-corrected chi connectivity index (χ0v) is 14.0. The number of carbonyl (C=O) groups is 1. The van der Waals surface area contributed by atoms with Crippen LogP contribution in [0.4, 0.5) is 4.39 Å². The lowest BCUT2D eigenvalue weighted by Gasteiger charge is -2.34. The highest BCUT2D eigenvalue weighted by molar-refractivity contribution is 5.77. The fourth-order valence-electron chi connectivity index (χ4n) is 3.18. The lowest BCUT2D eigenvalue weighted by atomic mass is 9.87. The first-order valence-corrected chi connectivity index (χ1v) is 8.53. The van der Waals surface area contributed by atoms with Gasteiger partial charge in [0, 0.05) is 13.1 Å². The van der Waals surface area contributed by atoms with Crippen LogP contribution in [-0.2, 0) is 4.79 Å². The zero-order chi connectivity index (χ0) is 17.6. The number of hydrogen-bond acceptors (Lipinski definition) is 3. The van der Waals surface area contributed by atoms with Crippen molar-refractivity contribution in [1.29, 1.82) is 0 Å². The SMILES string of the molecule is O=C(COc1ccccc1F)N1CCC(C(O)c2ccccc2)CC1. The molecule has 0 spiro atoms. The molecule has 1 saturated heterocycles. The molecule has 4 nitrogen and oxygen atoms in total. The van der Waals surface area contributed by atoms with Crippen LogP contribution < -0.4 is 4.74 Å². The topological polar surface area (TPSA) is 49.8 Å². The van der Waals surface area contributed by atoms with Crippen molar-refractivity contribution in [3.63, 3.8) is 0 Å². The molecule has 1 aliphatic heterocycles. The number of amides is 1. The van der Waals surface area contributed by atoms with E-state index in [4.69, 9.17) is 4.74 Å². The van der Waals surface area contributed by atoms with Crippen LogP contribution in [0.15, 0.2) is 54.6 Å². The summed E-state index contributed by atoms with van der Waals surface area (Å²) in [6.45, 7) is 0.981. The Balaban J connectivity index is 1.48. The minimum absolute atomic E-state index is 0.0882. The van der Waals surface area contributed by atoms with Gasteiger partial charge in [0.05, 0.1) is 6.10 Å². The summed E-state index contributed by atoms with van der Waals surface area (Å²) in [6.07, 6.45) is 0.969. The van der Waals surface area contributed by atoms with Gasteiger partial charge in [0.1, 0.15) is 0 Å². The molecule has 2 aromatic rings. The number of nitrogens with zero attached hydrogens (tertiary/aromatic N) is 1. The molecule has 3 rings (SSSR count). The number of halogens is 1. The van der Waals surface area contributed by atoms with E-state index < -0.39 is 11.9 Å². The standard InChI is InChI=1S/C20H22FNO3/c21-17-8-4-5-9-18(17)25-14-19(23)22-12-10-16(11-13-22)20(24)15-6-2-1-3-7-15/h1-9,16,20,24H,10-14H2. The normalized spacial score (nSPS) is 16.5. The molecule has 0 radical (unpaired) electrons. The summed E-state index contributed by atoms with van der Waals surface area (Å²) in [4.78, 5) is 14.0. The highest BCUT2D eigenvalue weighted by Gasteiger charge is 2.28. The lowest BCUT2D eigenvalue weighted by molar-refractivity contribution is -0.135. The molecule has 5 heteroatoms. The predicted octanol–water partition coefficient (Wildman–Crippen LogP) is 3.18. The molecule has 0 aliphatic carbocycles. The second kappa shape index (κ2) is 8.12. The van der Waals surface area contributed by atoms with Gasteiger partial charge in [-0.3, -0.25) is 4.79 Å². The molecule has 1 aliphatic rings. The Morgan fingerprint density at radius 1 is 1.12 bits per heavy atom. The first kappa shape index (κ1) is 17.4. The summed E-state index contributed by atoms with van der Waals surface area (Å²) in [5.74, 6) is -0.403. The van der Waals surface area contributed by atoms with E-state index in [0.29, 0.717) is 13.1 Å². The number of carbonyl (C=O) groups excluding carboxylic acids is 1. The van der Waals surface area contributed by atoms with Crippen molar-refractivity contribution in [2.24, 2.45) is 5.92 Å². The number of ether oxygens (including phenoxy) is 1. The Bertz CT molecular complexity index is 699. The van der Waals surface area contributed by atoms with Crippen molar-refractivity contribution in [3.05, 3.63) is 66.0 Å². The number of likely N-dealkylation sites (tertiary alicyclic amines) is 1. The van der Waals surface area contributed by atoms with Crippen LogP contribution in [0.3, 0.4) is 0 Å². The number of aliphatic hydroxyl groups is 1. The Morgan fingerprint density at radius 3 is 2.44 bits per heavy atom. The van der Waals surface area contributed by atoms with Crippen LogP contribution in [-0.4, -0.2) is 35.6 Å². The van der Waals surface area contributed by atoms with Gasteiger partial charge in [0.25, 0.3) is 5.91 Å². The highest BCUT2D eigenvalue weighted by Crippen LogP contribution is 2.30. The molecule has 1 fully saturated rings. The van der Waals surface area contributed by atoms with Crippen molar-refractivity contribution in [2.75, 3.05) is 19.7 Å². The number of piperidine rings is 1. The molecule has 0 saturated carbocycles. The second-order valence-electron chi connectivity index (χ2n) is 6.29. The van der Waals surface area contributed by atoms with Gasteiger partial charge in [-0.15, -0.1) is 0 Å². The van der Waals surface area contributed by atoms with Gasteiger partial charge >= 0.3 is 0 Å². The van der Waals surface area contributed by atoms with Crippen molar-refractivity contribution >= 4 is 5.91 Å². The first-order chi connectivity index (χ1) is 12.1. The van der Waals surface area contributed by atoms with Gasteiger partial charge in [0.15, 0.2) is 18.2 Å². The van der Waals surface area contributed by atoms with Crippen LogP contribution in [0.5, 0.6) is 5.75 Å². The van der Waals surface area contributed by atoms with E-state index in [-0.39, 0.29) is 24.2 Å². The van der Waals surface area contributed by atoms with Crippen molar-refractivity contribution in [2.45, 2.75) is 18.9 Å². The second-order valence-corrected chi connectivity index (χ2v) is 6.29. The van der Waals surface area contributed by atoms with Crippen LogP contribution in [0.1, 0.15) is 24.5 Å². The van der Waals surface area contributed by atoms with Gasteiger partial charge in [-0.05, 0) is 36.5 Å². The van der Waals surface area contributed by atoms with Gasteiger partial charge in [-0.2, -0.15) is 0 Å². The Kier molecular flexibility index (Phi) is 5.66. The summed E-state index contributed by atoms with van der Waals surface area (Å²) in [6, 6.07) is 15.6.